The van der Waals surface area contributed by atoms with E-state index in [2.05, 4.69) is 10.3 Å². The Labute approximate surface area is 163 Å². The van der Waals surface area contributed by atoms with Crippen molar-refractivity contribution in [1.82, 2.24) is 10.3 Å². The fourth-order valence-electron chi connectivity index (χ4n) is 2.40. The van der Waals surface area contributed by atoms with Crippen LogP contribution in [0.4, 0.5) is 0 Å². The minimum Gasteiger partial charge on any atom is -0.348 e. The average molecular weight is 401 g/mol. The standard InChI is InChI=1S/C20H17ClN2O3S/c1-14-2-9-18(10-3-14)27(25,26)19-11-6-16(13-22-19)20(24)23-12-15-4-7-17(21)8-5-15/h2-11,13H,12H2,1H3,(H,23,24). The molecule has 2 aromatic carbocycles. The number of nitrogens with zero attached hydrogens (tertiary/aromatic N) is 1. The Morgan fingerprint density at radius 3 is 2.26 bits per heavy atom. The van der Waals surface area contributed by atoms with Crippen molar-refractivity contribution < 1.29 is 13.2 Å². The summed E-state index contributed by atoms with van der Waals surface area (Å²) >= 11 is 5.83. The summed E-state index contributed by atoms with van der Waals surface area (Å²) < 4.78 is 25.2. The van der Waals surface area contributed by atoms with Gasteiger partial charge in [-0.15, -0.1) is 0 Å². The molecule has 5 nitrogen and oxygen atoms in total. The maximum absolute atomic E-state index is 12.6. The van der Waals surface area contributed by atoms with Crippen molar-refractivity contribution in [2.45, 2.75) is 23.4 Å². The van der Waals surface area contributed by atoms with Gasteiger partial charge in [0.15, 0.2) is 5.03 Å². The van der Waals surface area contributed by atoms with Crippen molar-refractivity contribution in [3.8, 4) is 0 Å². The summed E-state index contributed by atoms with van der Waals surface area (Å²) in [7, 11) is -3.71. The van der Waals surface area contributed by atoms with Gasteiger partial charge >= 0.3 is 0 Å². The lowest BCUT2D eigenvalue weighted by molar-refractivity contribution is 0.0950. The molecule has 27 heavy (non-hydrogen) atoms. The lowest BCUT2D eigenvalue weighted by atomic mass is 10.2. The Bertz CT molecular complexity index is 1050. The number of hydrogen-bond acceptors (Lipinski definition) is 4. The number of carbonyl (C=O) groups is 1. The second-order valence-corrected chi connectivity index (χ2v) is 8.34. The van der Waals surface area contributed by atoms with Crippen molar-refractivity contribution >= 4 is 27.3 Å². The maximum atomic E-state index is 12.6. The van der Waals surface area contributed by atoms with Crippen LogP contribution in [0, 0.1) is 6.92 Å². The van der Waals surface area contributed by atoms with Gasteiger partial charge in [-0.3, -0.25) is 4.79 Å². The largest absolute Gasteiger partial charge is 0.348 e. The fraction of sp³-hybridized carbons (Fsp3) is 0.100. The van der Waals surface area contributed by atoms with Crippen LogP contribution in [-0.2, 0) is 16.4 Å². The van der Waals surface area contributed by atoms with Crippen molar-refractivity contribution in [2.24, 2.45) is 0 Å². The van der Waals surface area contributed by atoms with E-state index in [4.69, 9.17) is 11.6 Å². The highest BCUT2D eigenvalue weighted by Gasteiger charge is 2.19. The fourth-order valence-corrected chi connectivity index (χ4v) is 3.70. The van der Waals surface area contributed by atoms with Crippen LogP contribution in [-0.4, -0.2) is 19.3 Å². The third kappa shape index (κ3) is 4.53. The molecule has 1 heterocycles. The minimum absolute atomic E-state index is 0.0967. The number of aromatic nitrogens is 1. The highest BCUT2D eigenvalue weighted by Crippen LogP contribution is 2.19. The zero-order valence-corrected chi connectivity index (χ0v) is 16.1. The van der Waals surface area contributed by atoms with Crippen LogP contribution in [0.15, 0.2) is 76.8 Å². The molecule has 0 spiro atoms. The van der Waals surface area contributed by atoms with E-state index in [1.165, 1.54) is 18.3 Å². The molecule has 0 aliphatic heterocycles. The Balaban J connectivity index is 1.71. The Kier molecular flexibility index (Phi) is 5.58. The summed E-state index contributed by atoms with van der Waals surface area (Å²) in [5.74, 6) is -0.336. The number of pyridine rings is 1. The van der Waals surface area contributed by atoms with Crippen LogP contribution in [0.1, 0.15) is 21.5 Å². The van der Waals surface area contributed by atoms with Crippen molar-refractivity contribution in [1.29, 1.82) is 0 Å². The lowest BCUT2D eigenvalue weighted by Gasteiger charge is -2.07. The molecule has 3 aromatic rings. The summed E-state index contributed by atoms with van der Waals surface area (Å²) in [6.07, 6.45) is 1.26. The second kappa shape index (κ2) is 7.90. The number of amides is 1. The summed E-state index contributed by atoms with van der Waals surface area (Å²) in [5.41, 5.74) is 2.15. The van der Waals surface area contributed by atoms with Gasteiger partial charge in [-0.25, -0.2) is 13.4 Å². The predicted molar refractivity (Wildman–Crippen MR) is 103 cm³/mol. The number of hydrogen-bond donors (Lipinski definition) is 1. The molecular weight excluding hydrogens is 384 g/mol. The number of carbonyl (C=O) groups excluding carboxylic acids is 1. The van der Waals surface area contributed by atoms with Gasteiger partial charge in [0.1, 0.15) is 0 Å². The monoisotopic (exact) mass is 400 g/mol. The molecule has 0 atom stereocenters. The topological polar surface area (TPSA) is 76.1 Å². The van der Waals surface area contributed by atoms with E-state index in [1.54, 1.807) is 36.4 Å². The van der Waals surface area contributed by atoms with Crippen LogP contribution in [0.5, 0.6) is 0 Å². The molecule has 0 fully saturated rings. The average Bonchev–Trinajstić information content (AvgIpc) is 2.68. The number of sulfone groups is 1. The number of benzene rings is 2. The van der Waals surface area contributed by atoms with Crippen LogP contribution >= 0.6 is 11.6 Å². The Morgan fingerprint density at radius 1 is 1.00 bits per heavy atom. The molecule has 7 heteroatoms. The lowest BCUT2D eigenvalue weighted by Crippen LogP contribution is -2.23. The van der Waals surface area contributed by atoms with Gasteiger partial charge in [-0.1, -0.05) is 41.4 Å². The highest BCUT2D eigenvalue weighted by molar-refractivity contribution is 7.91. The van der Waals surface area contributed by atoms with Crippen LogP contribution in [0.2, 0.25) is 5.02 Å². The van der Waals surface area contributed by atoms with E-state index in [0.717, 1.165) is 11.1 Å². The smallest absolute Gasteiger partial charge is 0.253 e. The van der Waals surface area contributed by atoms with Gasteiger partial charge in [0, 0.05) is 17.8 Å². The summed E-state index contributed by atoms with van der Waals surface area (Å²) in [6.45, 7) is 2.21. The molecule has 1 aromatic heterocycles. The maximum Gasteiger partial charge on any atom is 0.253 e. The van der Waals surface area contributed by atoms with E-state index in [0.29, 0.717) is 11.6 Å². The number of halogens is 1. The summed E-state index contributed by atoms with van der Waals surface area (Å²) in [5, 5.41) is 3.29. The second-order valence-electron chi connectivity index (χ2n) is 6.01. The Morgan fingerprint density at radius 2 is 1.67 bits per heavy atom. The van der Waals surface area contributed by atoms with Gasteiger partial charge in [-0.05, 0) is 48.9 Å². The first-order valence-corrected chi connectivity index (χ1v) is 10.0. The molecule has 138 valence electrons. The molecule has 0 radical (unpaired) electrons. The zero-order chi connectivity index (χ0) is 19.4. The molecule has 1 N–H and O–H groups in total. The van der Waals surface area contributed by atoms with Crippen LogP contribution < -0.4 is 5.32 Å². The van der Waals surface area contributed by atoms with E-state index >= 15 is 0 Å². The first kappa shape index (κ1) is 19.1. The van der Waals surface area contributed by atoms with Gasteiger partial charge in [-0.2, -0.15) is 0 Å². The molecule has 0 saturated carbocycles. The molecule has 0 aliphatic rings. The molecular formula is C20H17ClN2O3S. The van der Waals surface area contributed by atoms with E-state index in [1.807, 2.05) is 19.1 Å². The summed E-state index contributed by atoms with van der Waals surface area (Å²) in [6, 6.07) is 16.5. The molecule has 0 bridgehead atoms. The normalized spacial score (nSPS) is 11.2. The van der Waals surface area contributed by atoms with Crippen LogP contribution in [0.25, 0.3) is 0 Å². The van der Waals surface area contributed by atoms with Gasteiger partial charge in [0.2, 0.25) is 9.84 Å². The third-order valence-electron chi connectivity index (χ3n) is 3.97. The molecule has 0 aliphatic carbocycles. The van der Waals surface area contributed by atoms with Gasteiger partial charge in [0.05, 0.1) is 10.5 Å². The number of aryl methyl sites for hydroxylation is 1. The van der Waals surface area contributed by atoms with Gasteiger partial charge < -0.3 is 5.32 Å². The zero-order valence-electron chi connectivity index (χ0n) is 14.5. The number of nitrogens with one attached hydrogen (secondary N) is 1. The SMILES string of the molecule is Cc1ccc(S(=O)(=O)c2ccc(C(=O)NCc3ccc(Cl)cc3)cn2)cc1. The molecule has 0 unspecified atom stereocenters. The van der Waals surface area contributed by atoms with Crippen molar-refractivity contribution in [3.05, 3.63) is 88.6 Å². The highest BCUT2D eigenvalue weighted by atomic mass is 35.5. The van der Waals surface area contributed by atoms with Crippen molar-refractivity contribution in [3.63, 3.8) is 0 Å². The minimum atomic E-state index is -3.71. The van der Waals surface area contributed by atoms with Gasteiger partial charge in [0.25, 0.3) is 5.91 Å². The summed E-state index contributed by atoms with van der Waals surface area (Å²) in [4.78, 5) is 16.4. The third-order valence-corrected chi connectivity index (χ3v) is 5.91. The van der Waals surface area contributed by atoms with E-state index < -0.39 is 9.84 Å². The Hall–Kier alpha value is -2.70. The molecule has 1 amide bonds. The van der Waals surface area contributed by atoms with E-state index in [-0.39, 0.29) is 21.4 Å². The molecule has 0 saturated heterocycles. The first-order chi connectivity index (χ1) is 12.9. The number of rotatable bonds is 5. The van der Waals surface area contributed by atoms with Crippen LogP contribution in [0.3, 0.4) is 0 Å². The van der Waals surface area contributed by atoms with E-state index in [9.17, 15) is 13.2 Å². The first-order valence-electron chi connectivity index (χ1n) is 8.17. The predicted octanol–water partition coefficient (Wildman–Crippen LogP) is 3.81. The quantitative estimate of drug-likeness (QED) is 0.706. The van der Waals surface area contributed by atoms with Crippen molar-refractivity contribution in [2.75, 3.05) is 0 Å². The molecule has 3 rings (SSSR count).